The van der Waals surface area contributed by atoms with E-state index in [4.69, 9.17) is 14.2 Å². The molecule has 1 amide bonds. The van der Waals surface area contributed by atoms with Crippen molar-refractivity contribution in [3.63, 3.8) is 0 Å². The van der Waals surface area contributed by atoms with Gasteiger partial charge >= 0.3 is 0 Å². The smallest absolute Gasteiger partial charge is 0.227 e. The fourth-order valence-corrected chi connectivity index (χ4v) is 3.26. The van der Waals surface area contributed by atoms with Gasteiger partial charge in [-0.1, -0.05) is 6.92 Å². The van der Waals surface area contributed by atoms with Gasteiger partial charge < -0.3 is 19.1 Å². The Kier molecular flexibility index (Phi) is 7.45. The van der Waals surface area contributed by atoms with Gasteiger partial charge in [0.15, 0.2) is 17.3 Å². The van der Waals surface area contributed by atoms with Crippen molar-refractivity contribution < 1.29 is 23.8 Å². The molecular weight excluding hydrogens is 334 g/mol. The first-order chi connectivity index (χ1) is 12.5. The number of likely N-dealkylation sites (tertiary alicyclic amines) is 1. The summed E-state index contributed by atoms with van der Waals surface area (Å²) in [6.07, 6.45) is 3.16. The van der Waals surface area contributed by atoms with Crippen molar-refractivity contribution in [2.45, 2.75) is 45.6 Å². The number of amides is 1. The molecule has 0 bridgehead atoms. The topological polar surface area (TPSA) is 65.1 Å². The Bertz CT molecular complexity index is 643. The maximum Gasteiger partial charge on any atom is 0.227 e. The van der Waals surface area contributed by atoms with Crippen LogP contribution in [0.3, 0.4) is 0 Å². The quantitative estimate of drug-likeness (QED) is 0.665. The minimum atomic E-state index is -0.100. The Labute approximate surface area is 155 Å². The van der Waals surface area contributed by atoms with E-state index in [9.17, 15) is 9.59 Å². The van der Waals surface area contributed by atoms with E-state index in [0.717, 1.165) is 32.4 Å². The van der Waals surface area contributed by atoms with Crippen LogP contribution in [-0.4, -0.2) is 56.6 Å². The fraction of sp³-hybridized carbons (Fsp3) is 0.600. The van der Waals surface area contributed by atoms with Crippen LogP contribution in [0.5, 0.6) is 11.5 Å². The normalized spacial score (nSPS) is 17.1. The second-order valence-electron chi connectivity index (χ2n) is 6.57. The summed E-state index contributed by atoms with van der Waals surface area (Å²) in [6, 6.07) is 3.37. The predicted molar refractivity (Wildman–Crippen MR) is 99.1 cm³/mol. The maximum absolute atomic E-state index is 12.8. The number of Topliss-reactive ketones (excluding diaryl/α,β-unsaturated/α-hetero) is 1. The van der Waals surface area contributed by atoms with E-state index in [1.54, 1.807) is 12.1 Å². The first kappa shape index (κ1) is 20.2. The molecule has 1 saturated heterocycles. The number of methoxy groups -OCH3 is 2. The van der Waals surface area contributed by atoms with Crippen LogP contribution in [0.1, 0.15) is 49.0 Å². The minimum absolute atomic E-state index is 0.00418. The van der Waals surface area contributed by atoms with Crippen LogP contribution in [-0.2, 0) is 16.0 Å². The number of hydrogen-bond acceptors (Lipinski definition) is 5. The predicted octanol–water partition coefficient (Wildman–Crippen LogP) is 2.87. The van der Waals surface area contributed by atoms with Crippen LogP contribution in [0.25, 0.3) is 0 Å². The molecule has 1 aromatic carbocycles. The third kappa shape index (κ3) is 4.97. The number of piperidine rings is 1. The largest absolute Gasteiger partial charge is 0.493 e. The molecule has 0 aromatic heterocycles. The second-order valence-corrected chi connectivity index (χ2v) is 6.57. The summed E-state index contributed by atoms with van der Waals surface area (Å²) < 4.78 is 16.4. The molecule has 1 heterocycles. The highest BCUT2D eigenvalue weighted by Crippen LogP contribution is 2.31. The zero-order valence-electron chi connectivity index (χ0n) is 16.2. The number of carbonyl (C=O) groups is 2. The molecule has 0 radical (unpaired) electrons. The number of carbonyl (C=O) groups excluding carboxylic acids is 2. The number of benzene rings is 1. The van der Waals surface area contributed by atoms with Gasteiger partial charge in [-0.3, -0.25) is 9.59 Å². The minimum Gasteiger partial charge on any atom is -0.493 e. The highest BCUT2D eigenvalue weighted by Gasteiger charge is 2.25. The molecule has 144 valence electrons. The van der Waals surface area contributed by atoms with Crippen molar-refractivity contribution in [3.05, 3.63) is 23.3 Å². The van der Waals surface area contributed by atoms with E-state index >= 15 is 0 Å². The summed E-state index contributed by atoms with van der Waals surface area (Å²) in [7, 11) is 3.06. The first-order valence-corrected chi connectivity index (χ1v) is 9.15. The molecule has 1 aliphatic heterocycles. The van der Waals surface area contributed by atoms with Gasteiger partial charge in [-0.2, -0.15) is 0 Å². The number of hydrogen-bond donors (Lipinski definition) is 0. The fourth-order valence-electron chi connectivity index (χ4n) is 3.26. The van der Waals surface area contributed by atoms with Gasteiger partial charge in [-0.15, -0.1) is 0 Å². The molecule has 26 heavy (non-hydrogen) atoms. The lowest BCUT2D eigenvalue weighted by Gasteiger charge is -2.33. The van der Waals surface area contributed by atoms with Gasteiger partial charge in [0.2, 0.25) is 5.91 Å². The third-order valence-electron chi connectivity index (χ3n) is 4.62. The standard InChI is InChI=1S/C20H29NO5/c1-5-9-26-16-7-6-8-21(13-16)20(23)11-15-10-18(24-3)19(25-4)12-17(15)14(2)22/h10,12,16H,5-9,11,13H2,1-4H3/t16-/m1/s1. The van der Waals surface area contributed by atoms with E-state index in [2.05, 4.69) is 6.92 Å². The number of ketones is 1. The van der Waals surface area contributed by atoms with Crippen LogP contribution in [0, 0.1) is 0 Å². The molecule has 6 heteroatoms. The molecule has 0 N–H and O–H groups in total. The first-order valence-electron chi connectivity index (χ1n) is 9.15. The summed E-state index contributed by atoms with van der Waals surface area (Å²) in [5.74, 6) is 0.907. The highest BCUT2D eigenvalue weighted by atomic mass is 16.5. The SMILES string of the molecule is CCCO[C@@H]1CCCN(C(=O)Cc2cc(OC)c(OC)cc2C(C)=O)C1. The Morgan fingerprint density at radius 1 is 1.19 bits per heavy atom. The van der Waals surface area contributed by atoms with Gasteiger partial charge in [0.05, 0.1) is 26.7 Å². The van der Waals surface area contributed by atoms with Gasteiger partial charge in [0.25, 0.3) is 0 Å². The van der Waals surface area contributed by atoms with Crippen molar-refractivity contribution in [2.24, 2.45) is 0 Å². The van der Waals surface area contributed by atoms with Crippen molar-refractivity contribution in [3.8, 4) is 11.5 Å². The third-order valence-corrected chi connectivity index (χ3v) is 4.62. The summed E-state index contributed by atoms with van der Waals surface area (Å²) in [5, 5.41) is 0. The number of ether oxygens (including phenoxy) is 3. The number of nitrogens with zero attached hydrogens (tertiary/aromatic N) is 1. The van der Waals surface area contributed by atoms with Gasteiger partial charge in [-0.25, -0.2) is 0 Å². The van der Waals surface area contributed by atoms with Crippen molar-refractivity contribution >= 4 is 11.7 Å². The van der Waals surface area contributed by atoms with Crippen molar-refractivity contribution in [1.82, 2.24) is 4.90 Å². The summed E-state index contributed by atoms with van der Waals surface area (Å²) >= 11 is 0. The lowest BCUT2D eigenvalue weighted by atomic mass is 9.99. The van der Waals surface area contributed by atoms with Gasteiger partial charge in [0.1, 0.15) is 0 Å². The Balaban J connectivity index is 2.15. The monoisotopic (exact) mass is 363 g/mol. The zero-order valence-corrected chi connectivity index (χ0v) is 16.2. The number of rotatable bonds is 8. The van der Waals surface area contributed by atoms with E-state index in [-0.39, 0.29) is 24.2 Å². The van der Waals surface area contributed by atoms with Crippen LogP contribution in [0.15, 0.2) is 12.1 Å². The molecule has 1 atom stereocenters. The maximum atomic E-state index is 12.8. The zero-order chi connectivity index (χ0) is 19.1. The molecule has 6 nitrogen and oxygen atoms in total. The van der Waals surface area contributed by atoms with Crippen LogP contribution in [0.2, 0.25) is 0 Å². The average Bonchev–Trinajstić information content (AvgIpc) is 2.65. The Morgan fingerprint density at radius 3 is 2.50 bits per heavy atom. The van der Waals surface area contributed by atoms with E-state index in [1.807, 2.05) is 4.90 Å². The van der Waals surface area contributed by atoms with Crippen molar-refractivity contribution in [2.75, 3.05) is 33.9 Å². The molecule has 1 aliphatic rings. The second kappa shape index (κ2) is 9.57. The van der Waals surface area contributed by atoms with Crippen molar-refractivity contribution in [1.29, 1.82) is 0 Å². The summed E-state index contributed by atoms with van der Waals surface area (Å²) in [5.41, 5.74) is 1.16. The molecule has 1 fully saturated rings. The Hall–Kier alpha value is -2.08. The Morgan fingerprint density at radius 2 is 1.88 bits per heavy atom. The molecule has 0 aliphatic carbocycles. The highest BCUT2D eigenvalue weighted by molar-refractivity contribution is 5.97. The van der Waals surface area contributed by atoms with E-state index < -0.39 is 0 Å². The molecule has 0 saturated carbocycles. The molecule has 0 spiro atoms. The van der Waals surface area contributed by atoms with Gasteiger partial charge in [0, 0.05) is 25.3 Å². The average molecular weight is 363 g/mol. The molecule has 2 rings (SSSR count). The molecule has 0 unspecified atom stereocenters. The lowest BCUT2D eigenvalue weighted by Crippen LogP contribution is -2.44. The van der Waals surface area contributed by atoms with E-state index in [1.165, 1.54) is 21.1 Å². The summed E-state index contributed by atoms with van der Waals surface area (Å²) in [6.45, 7) is 5.63. The molecular formula is C20H29NO5. The lowest BCUT2D eigenvalue weighted by molar-refractivity contribution is -0.134. The van der Waals surface area contributed by atoms with Crippen LogP contribution >= 0.6 is 0 Å². The summed E-state index contributed by atoms with van der Waals surface area (Å²) in [4.78, 5) is 26.7. The van der Waals surface area contributed by atoms with Crippen LogP contribution < -0.4 is 9.47 Å². The van der Waals surface area contributed by atoms with Gasteiger partial charge in [-0.05, 0) is 43.9 Å². The molecule has 1 aromatic rings. The van der Waals surface area contributed by atoms with Crippen LogP contribution in [0.4, 0.5) is 0 Å². The van der Waals surface area contributed by atoms with E-state index in [0.29, 0.717) is 29.2 Å².